The summed E-state index contributed by atoms with van der Waals surface area (Å²) in [5.74, 6) is -0.222. The van der Waals surface area contributed by atoms with Gasteiger partial charge in [0.15, 0.2) is 0 Å². The summed E-state index contributed by atoms with van der Waals surface area (Å²) in [5.41, 5.74) is 3.09. The molecule has 122 valence electrons. The van der Waals surface area contributed by atoms with Gasteiger partial charge in [0.05, 0.1) is 18.3 Å². The van der Waals surface area contributed by atoms with Crippen LogP contribution in [0.2, 0.25) is 0 Å². The van der Waals surface area contributed by atoms with Crippen LogP contribution in [0.3, 0.4) is 0 Å². The number of hydrogen-bond donors (Lipinski definition) is 2. The Kier molecular flexibility index (Phi) is 4.67. The van der Waals surface area contributed by atoms with E-state index in [9.17, 15) is 9.90 Å². The summed E-state index contributed by atoms with van der Waals surface area (Å²) < 4.78 is 1.63. The van der Waals surface area contributed by atoms with Gasteiger partial charge in [-0.1, -0.05) is 30.3 Å². The fraction of sp³-hybridized carbons (Fsp3) is 0.167. The molecule has 1 heterocycles. The van der Waals surface area contributed by atoms with Gasteiger partial charge in [-0.15, -0.1) is 0 Å². The van der Waals surface area contributed by atoms with Crippen LogP contribution in [0.1, 0.15) is 27.5 Å². The van der Waals surface area contributed by atoms with Crippen molar-refractivity contribution in [2.24, 2.45) is 0 Å². The van der Waals surface area contributed by atoms with Gasteiger partial charge in [0, 0.05) is 5.56 Å². The fourth-order valence-corrected chi connectivity index (χ4v) is 2.54. The van der Waals surface area contributed by atoms with Gasteiger partial charge in [0.2, 0.25) is 0 Å². The van der Waals surface area contributed by atoms with E-state index in [1.54, 1.807) is 17.1 Å². The summed E-state index contributed by atoms with van der Waals surface area (Å²) in [5, 5.41) is 16.5. The van der Waals surface area contributed by atoms with E-state index >= 15 is 0 Å². The number of aliphatic hydroxyl groups excluding tert-OH is 1. The van der Waals surface area contributed by atoms with Gasteiger partial charge in [0.25, 0.3) is 5.91 Å². The minimum atomic E-state index is -0.437. The minimum Gasteiger partial charge on any atom is -0.394 e. The van der Waals surface area contributed by atoms with Crippen molar-refractivity contribution in [1.29, 1.82) is 0 Å². The van der Waals surface area contributed by atoms with E-state index in [1.807, 2.05) is 49.4 Å². The molecule has 3 rings (SSSR count). The highest BCUT2D eigenvalue weighted by Gasteiger charge is 2.16. The van der Waals surface area contributed by atoms with Crippen LogP contribution >= 0.6 is 0 Å². The van der Waals surface area contributed by atoms with Crippen LogP contribution in [0, 0.1) is 6.92 Å². The lowest BCUT2D eigenvalue weighted by Crippen LogP contribution is -2.31. The first-order valence-corrected chi connectivity index (χ1v) is 7.61. The zero-order valence-corrected chi connectivity index (χ0v) is 13.3. The number of amides is 1. The van der Waals surface area contributed by atoms with Crippen molar-refractivity contribution in [3.05, 3.63) is 77.9 Å². The van der Waals surface area contributed by atoms with Gasteiger partial charge < -0.3 is 10.4 Å². The summed E-state index contributed by atoms with van der Waals surface area (Å²) in [6.45, 7) is 1.71. The Hall–Kier alpha value is -2.99. The first-order valence-electron chi connectivity index (χ1n) is 7.61. The van der Waals surface area contributed by atoms with E-state index in [1.165, 1.54) is 6.33 Å². The second-order valence-electron chi connectivity index (χ2n) is 5.46. The molecule has 24 heavy (non-hydrogen) atoms. The monoisotopic (exact) mass is 322 g/mol. The Labute approximate surface area is 139 Å². The number of aromatic nitrogens is 3. The SMILES string of the molecule is Cc1cc(-n2cncn2)ccc1C(=O)NC(CO)c1ccccc1. The molecule has 0 spiro atoms. The van der Waals surface area contributed by atoms with E-state index in [4.69, 9.17) is 0 Å². The molecule has 0 aliphatic heterocycles. The molecule has 0 radical (unpaired) electrons. The van der Waals surface area contributed by atoms with Crippen molar-refractivity contribution < 1.29 is 9.90 Å². The third-order valence-electron chi connectivity index (χ3n) is 3.83. The molecule has 1 atom stereocenters. The molecular formula is C18H18N4O2. The molecule has 2 aromatic carbocycles. The van der Waals surface area contributed by atoms with Crippen molar-refractivity contribution in [2.45, 2.75) is 13.0 Å². The maximum absolute atomic E-state index is 12.5. The maximum Gasteiger partial charge on any atom is 0.252 e. The Morgan fingerprint density at radius 2 is 2.04 bits per heavy atom. The number of aliphatic hydroxyl groups is 1. The minimum absolute atomic E-state index is 0.161. The molecule has 0 aliphatic rings. The van der Waals surface area contributed by atoms with Crippen molar-refractivity contribution in [3.63, 3.8) is 0 Å². The first-order chi connectivity index (χ1) is 11.7. The number of nitrogens with one attached hydrogen (secondary N) is 1. The molecule has 1 unspecified atom stereocenters. The van der Waals surface area contributed by atoms with Crippen LogP contribution in [-0.2, 0) is 0 Å². The van der Waals surface area contributed by atoms with Crippen LogP contribution in [0.25, 0.3) is 5.69 Å². The molecule has 1 aromatic heterocycles. The van der Waals surface area contributed by atoms with Crippen LogP contribution in [0.4, 0.5) is 0 Å². The number of hydrogen-bond acceptors (Lipinski definition) is 4. The van der Waals surface area contributed by atoms with Gasteiger partial charge in [-0.25, -0.2) is 9.67 Å². The third-order valence-corrected chi connectivity index (χ3v) is 3.83. The standard InChI is InChI=1S/C18H18N4O2/c1-13-9-15(22-12-19-11-20-22)7-8-16(13)18(24)21-17(10-23)14-5-3-2-4-6-14/h2-9,11-12,17,23H,10H2,1H3,(H,21,24). The number of carbonyl (C=O) groups is 1. The summed E-state index contributed by atoms with van der Waals surface area (Å²) in [7, 11) is 0. The Morgan fingerprint density at radius 3 is 2.67 bits per heavy atom. The highest BCUT2D eigenvalue weighted by molar-refractivity contribution is 5.96. The first kappa shape index (κ1) is 15.9. The molecule has 2 N–H and O–H groups in total. The molecule has 6 heteroatoms. The molecule has 0 saturated carbocycles. The summed E-state index contributed by atoms with van der Waals surface area (Å²) in [6, 6.07) is 14.4. The smallest absolute Gasteiger partial charge is 0.252 e. The maximum atomic E-state index is 12.5. The number of aryl methyl sites for hydroxylation is 1. The Balaban J connectivity index is 1.80. The highest BCUT2D eigenvalue weighted by atomic mass is 16.3. The number of carbonyl (C=O) groups excluding carboxylic acids is 1. The van der Waals surface area contributed by atoms with Crippen molar-refractivity contribution in [1.82, 2.24) is 20.1 Å². The molecule has 3 aromatic rings. The van der Waals surface area contributed by atoms with E-state index < -0.39 is 6.04 Å². The second kappa shape index (κ2) is 7.06. The van der Waals surface area contributed by atoms with Crippen LogP contribution in [-0.4, -0.2) is 32.4 Å². The fourth-order valence-electron chi connectivity index (χ4n) is 2.54. The highest BCUT2D eigenvalue weighted by Crippen LogP contribution is 2.17. The zero-order chi connectivity index (χ0) is 16.9. The largest absolute Gasteiger partial charge is 0.394 e. The van der Waals surface area contributed by atoms with Gasteiger partial charge in [-0.05, 0) is 36.2 Å². The predicted molar refractivity (Wildman–Crippen MR) is 89.8 cm³/mol. The number of rotatable bonds is 5. The Bertz CT molecular complexity index is 816. The van der Waals surface area contributed by atoms with Crippen LogP contribution < -0.4 is 5.32 Å². The van der Waals surface area contributed by atoms with Gasteiger partial charge in [0.1, 0.15) is 12.7 Å². The lowest BCUT2D eigenvalue weighted by atomic mass is 10.0. The summed E-state index contributed by atoms with van der Waals surface area (Å²) in [4.78, 5) is 16.5. The number of benzene rings is 2. The lowest BCUT2D eigenvalue weighted by Gasteiger charge is -2.17. The van der Waals surface area contributed by atoms with Crippen molar-refractivity contribution in [3.8, 4) is 5.69 Å². The summed E-state index contributed by atoms with van der Waals surface area (Å²) >= 11 is 0. The van der Waals surface area contributed by atoms with Gasteiger partial charge >= 0.3 is 0 Å². The second-order valence-corrected chi connectivity index (χ2v) is 5.46. The van der Waals surface area contributed by atoms with E-state index in [0.29, 0.717) is 5.56 Å². The van der Waals surface area contributed by atoms with Crippen LogP contribution in [0.15, 0.2) is 61.2 Å². The molecule has 0 aliphatic carbocycles. The van der Waals surface area contributed by atoms with Crippen LogP contribution in [0.5, 0.6) is 0 Å². The van der Waals surface area contributed by atoms with Crippen molar-refractivity contribution >= 4 is 5.91 Å². The molecule has 0 bridgehead atoms. The quantitative estimate of drug-likeness (QED) is 0.753. The average Bonchev–Trinajstić information content (AvgIpc) is 3.14. The summed E-state index contributed by atoms with van der Waals surface area (Å²) in [6.07, 6.45) is 3.06. The predicted octanol–water partition coefficient (Wildman–Crippen LogP) is 2.04. The van der Waals surface area contributed by atoms with E-state index in [-0.39, 0.29) is 12.5 Å². The molecule has 1 amide bonds. The van der Waals surface area contributed by atoms with Crippen molar-refractivity contribution in [2.75, 3.05) is 6.61 Å². The van der Waals surface area contributed by atoms with E-state index in [0.717, 1.165) is 16.8 Å². The average molecular weight is 322 g/mol. The van der Waals surface area contributed by atoms with E-state index in [2.05, 4.69) is 15.4 Å². The van der Waals surface area contributed by atoms with Gasteiger partial charge in [-0.3, -0.25) is 4.79 Å². The number of nitrogens with zero attached hydrogens (tertiary/aromatic N) is 3. The third kappa shape index (κ3) is 3.33. The topological polar surface area (TPSA) is 80.0 Å². The zero-order valence-electron chi connectivity index (χ0n) is 13.3. The molecule has 0 fully saturated rings. The molecule has 6 nitrogen and oxygen atoms in total. The Morgan fingerprint density at radius 1 is 1.25 bits per heavy atom. The molecular weight excluding hydrogens is 304 g/mol. The van der Waals surface area contributed by atoms with Gasteiger partial charge in [-0.2, -0.15) is 5.10 Å². The normalized spacial score (nSPS) is 11.9. The molecule has 0 saturated heterocycles. The lowest BCUT2D eigenvalue weighted by molar-refractivity contribution is 0.0915.